The second-order valence-corrected chi connectivity index (χ2v) is 5.28. The number of nitrogens with one attached hydrogen (secondary N) is 1. The first-order valence-electron chi connectivity index (χ1n) is 7.87. The topological polar surface area (TPSA) is 64.6 Å². The van der Waals surface area contributed by atoms with Crippen molar-refractivity contribution in [1.29, 1.82) is 0 Å². The van der Waals surface area contributed by atoms with E-state index in [0.29, 0.717) is 23.8 Å². The number of benzene rings is 2. The highest BCUT2D eigenvalue weighted by Gasteiger charge is 2.05. The van der Waals surface area contributed by atoms with Crippen molar-refractivity contribution in [3.63, 3.8) is 0 Å². The maximum absolute atomic E-state index is 11.7. The number of carbonyl (C=O) groups is 2. The van der Waals surface area contributed by atoms with E-state index in [0.717, 1.165) is 5.75 Å². The smallest absolute Gasteiger partial charge is 0.224 e. The van der Waals surface area contributed by atoms with E-state index in [-0.39, 0.29) is 24.5 Å². The van der Waals surface area contributed by atoms with Gasteiger partial charge in [0.1, 0.15) is 23.0 Å². The molecular formula is C19H21NO4. The van der Waals surface area contributed by atoms with Crippen molar-refractivity contribution < 1.29 is 19.1 Å². The number of anilines is 1. The van der Waals surface area contributed by atoms with E-state index in [9.17, 15) is 9.59 Å². The van der Waals surface area contributed by atoms with Crippen LogP contribution in [-0.4, -0.2) is 18.3 Å². The van der Waals surface area contributed by atoms with Crippen LogP contribution in [0, 0.1) is 0 Å². The van der Waals surface area contributed by atoms with Crippen molar-refractivity contribution in [3.05, 3.63) is 48.5 Å². The SMILES string of the molecule is CCOc1ccc(Oc2ccc(NC(=O)CCC(C)=O)cc2)cc1. The molecule has 0 aromatic heterocycles. The number of Topliss-reactive ketones (excluding diaryl/α,β-unsaturated/α-hetero) is 1. The summed E-state index contributed by atoms with van der Waals surface area (Å²) in [6, 6.07) is 14.4. The summed E-state index contributed by atoms with van der Waals surface area (Å²) in [5, 5.41) is 2.75. The average molecular weight is 327 g/mol. The van der Waals surface area contributed by atoms with Crippen LogP contribution >= 0.6 is 0 Å². The van der Waals surface area contributed by atoms with Crippen LogP contribution < -0.4 is 14.8 Å². The average Bonchev–Trinajstić information content (AvgIpc) is 2.57. The lowest BCUT2D eigenvalue weighted by molar-refractivity contribution is -0.121. The minimum absolute atomic E-state index is 0.00394. The fourth-order valence-corrected chi connectivity index (χ4v) is 2.03. The number of hydrogen-bond acceptors (Lipinski definition) is 4. The lowest BCUT2D eigenvalue weighted by Gasteiger charge is -2.09. The fraction of sp³-hybridized carbons (Fsp3) is 0.263. The first-order chi connectivity index (χ1) is 11.6. The van der Waals surface area contributed by atoms with Crippen LogP contribution in [0.4, 0.5) is 5.69 Å². The number of amides is 1. The molecule has 0 spiro atoms. The van der Waals surface area contributed by atoms with Gasteiger partial charge in [-0.2, -0.15) is 0 Å². The molecule has 0 fully saturated rings. The molecule has 0 aliphatic carbocycles. The second kappa shape index (κ2) is 8.72. The van der Waals surface area contributed by atoms with E-state index in [1.807, 2.05) is 31.2 Å². The summed E-state index contributed by atoms with van der Waals surface area (Å²) in [7, 11) is 0. The van der Waals surface area contributed by atoms with Gasteiger partial charge >= 0.3 is 0 Å². The molecule has 0 bridgehead atoms. The third-order valence-electron chi connectivity index (χ3n) is 3.21. The minimum atomic E-state index is -0.176. The molecule has 1 amide bonds. The molecule has 0 radical (unpaired) electrons. The summed E-state index contributed by atoms with van der Waals surface area (Å²) in [4.78, 5) is 22.5. The molecule has 0 saturated heterocycles. The zero-order valence-corrected chi connectivity index (χ0v) is 13.9. The quantitative estimate of drug-likeness (QED) is 0.790. The maximum atomic E-state index is 11.7. The van der Waals surface area contributed by atoms with Gasteiger partial charge in [0.05, 0.1) is 6.61 Å². The highest BCUT2D eigenvalue weighted by Crippen LogP contribution is 2.25. The van der Waals surface area contributed by atoms with Crippen LogP contribution in [0.15, 0.2) is 48.5 Å². The van der Waals surface area contributed by atoms with Crippen molar-refractivity contribution in [2.45, 2.75) is 26.7 Å². The molecule has 0 heterocycles. The number of ether oxygens (including phenoxy) is 2. The van der Waals surface area contributed by atoms with E-state index in [1.54, 1.807) is 24.3 Å². The lowest BCUT2D eigenvalue weighted by Crippen LogP contribution is -2.12. The third-order valence-corrected chi connectivity index (χ3v) is 3.21. The Balaban J connectivity index is 1.89. The molecule has 2 aromatic carbocycles. The molecule has 126 valence electrons. The van der Waals surface area contributed by atoms with Gasteiger partial charge in [-0.1, -0.05) is 0 Å². The lowest BCUT2D eigenvalue weighted by atomic mass is 10.2. The molecule has 0 unspecified atom stereocenters. The Morgan fingerprint density at radius 2 is 1.42 bits per heavy atom. The molecule has 0 aliphatic rings. The van der Waals surface area contributed by atoms with Gasteiger partial charge in [-0.05, 0) is 62.4 Å². The summed E-state index contributed by atoms with van der Waals surface area (Å²) >= 11 is 0. The van der Waals surface area contributed by atoms with Crippen LogP contribution in [0.3, 0.4) is 0 Å². The van der Waals surface area contributed by atoms with E-state index in [2.05, 4.69) is 5.32 Å². The van der Waals surface area contributed by atoms with Gasteiger partial charge < -0.3 is 19.6 Å². The molecule has 0 saturated carbocycles. The molecule has 1 N–H and O–H groups in total. The summed E-state index contributed by atoms with van der Waals surface area (Å²) in [6.07, 6.45) is 0.449. The summed E-state index contributed by atoms with van der Waals surface area (Å²) in [5.74, 6) is 2.00. The van der Waals surface area contributed by atoms with Gasteiger partial charge in [0.15, 0.2) is 0 Å². The van der Waals surface area contributed by atoms with E-state index in [1.165, 1.54) is 6.92 Å². The number of hydrogen-bond donors (Lipinski definition) is 1. The standard InChI is InChI=1S/C19H21NO4/c1-3-23-16-9-11-18(12-10-16)24-17-7-5-15(6-8-17)20-19(22)13-4-14(2)21/h5-12H,3-4,13H2,1-2H3,(H,20,22). The highest BCUT2D eigenvalue weighted by atomic mass is 16.5. The number of carbonyl (C=O) groups excluding carboxylic acids is 2. The van der Waals surface area contributed by atoms with Crippen LogP contribution in [0.1, 0.15) is 26.7 Å². The Hall–Kier alpha value is -2.82. The van der Waals surface area contributed by atoms with Crippen LogP contribution in [0.25, 0.3) is 0 Å². The molecule has 24 heavy (non-hydrogen) atoms. The van der Waals surface area contributed by atoms with Crippen molar-refractivity contribution >= 4 is 17.4 Å². The predicted molar refractivity (Wildman–Crippen MR) is 92.7 cm³/mol. The van der Waals surface area contributed by atoms with Gasteiger partial charge in [-0.25, -0.2) is 0 Å². The maximum Gasteiger partial charge on any atom is 0.224 e. The molecule has 2 aromatic rings. The first kappa shape index (κ1) is 17.5. The normalized spacial score (nSPS) is 10.1. The summed E-state index contributed by atoms with van der Waals surface area (Å²) in [5.41, 5.74) is 0.669. The van der Waals surface area contributed by atoms with Gasteiger partial charge in [0.25, 0.3) is 0 Å². The van der Waals surface area contributed by atoms with Crippen molar-refractivity contribution in [3.8, 4) is 17.2 Å². The zero-order chi connectivity index (χ0) is 17.4. The zero-order valence-electron chi connectivity index (χ0n) is 13.9. The summed E-state index contributed by atoms with van der Waals surface area (Å²) < 4.78 is 11.1. The Labute approximate surface area is 141 Å². The molecular weight excluding hydrogens is 306 g/mol. The first-order valence-corrected chi connectivity index (χ1v) is 7.87. The van der Waals surface area contributed by atoms with Crippen molar-refractivity contribution in [1.82, 2.24) is 0 Å². The van der Waals surface area contributed by atoms with Gasteiger partial charge in [0, 0.05) is 18.5 Å². The summed E-state index contributed by atoms with van der Waals surface area (Å²) in [6.45, 7) is 4.03. The molecule has 0 aliphatic heterocycles. The van der Waals surface area contributed by atoms with Crippen LogP contribution in [0.5, 0.6) is 17.2 Å². The fourth-order valence-electron chi connectivity index (χ4n) is 2.03. The number of rotatable bonds is 8. The van der Waals surface area contributed by atoms with Crippen molar-refractivity contribution in [2.75, 3.05) is 11.9 Å². The molecule has 2 rings (SSSR count). The Morgan fingerprint density at radius 1 is 0.875 bits per heavy atom. The highest BCUT2D eigenvalue weighted by molar-refractivity contribution is 5.93. The van der Waals surface area contributed by atoms with Crippen LogP contribution in [-0.2, 0) is 9.59 Å². The third kappa shape index (κ3) is 5.76. The van der Waals surface area contributed by atoms with Crippen LogP contribution in [0.2, 0.25) is 0 Å². The van der Waals surface area contributed by atoms with Gasteiger partial charge in [-0.15, -0.1) is 0 Å². The van der Waals surface area contributed by atoms with E-state index in [4.69, 9.17) is 9.47 Å². The van der Waals surface area contributed by atoms with Crippen molar-refractivity contribution in [2.24, 2.45) is 0 Å². The van der Waals surface area contributed by atoms with Gasteiger partial charge in [0.2, 0.25) is 5.91 Å². The van der Waals surface area contributed by atoms with E-state index < -0.39 is 0 Å². The van der Waals surface area contributed by atoms with E-state index >= 15 is 0 Å². The minimum Gasteiger partial charge on any atom is -0.494 e. The second-order valence-electron chi connectivity index (χ2n) is 5.28. The number of ketones is 1. The Morgan fingerprint density at radius 3 is 1.96 bits per heavy atom. The monoisotopic (exact) mass is 327 g/mol. The Kier molecular flexibility index (Phi) is 6.37. The van der Waals surface area contributed by atoms with Gasteiger partial charge in [-0.3, -0.25) is 4.79 Å². The molecule has 5 nitrogen and oxygen atoms in total. The molecule has 5 heteroatoms. The predicted octanol–water partition coefficient (Wildman–Crippen LogP) is 4.19. The molecule has 0 atom stereocenters. The largest absolute Gasteiger partial charge is 0.494 e. The Bertz CT molecular complexity index is 678.